The summed E-state index contributed by atoms with van der Waals surface area (Å²) in [6.45, 7) is 1.29. The minimum Gasteiger partial charge on any atom is -1.00 e. The molecule has 0 rings (SSSR count). The summed E-state index contributed by atoms with van der Waals surface area (Å²) in [4.78, 5) is 9.74. The van der Waals surface area contributed by atoms with Crippen LogP contribution in [-0.4, -0.2) is 12.7 Å². The molecular weight excluding hydrogens is 121 g/mol. The van der Waals surface area contributed by atoms with Gasteiger partial charge in [0.1, 0.15) is 6.73 Å². The first kappa shape index (κ1) is 10.9. The van der Waals surface area contributed by atoms with E-state index in [1.165, 1.54) is 6.92 Å². The number of hydrogen-bond donors (Lipinski definition) is 1. The van der Waals surface area contributed by atoms with Crippen LogP contribution in [0, 0.1) is 0 Å². The Bertz CT molecular complexity index is 61.2. The summed E-state index contributed by atoms with van der Waals surface area (Å²) >= 11 is 0. The third kappa shape index (κ3) is 11.0. The molecule has 0 fully saturated rings. The van der Waals surface area contributed by atoms with Gasteiger partial charge in [-0.15, -0.1) is 0 Å². The van der Waals surface area contributed by atoms with Gasteiger partial charge in [-0.25, -0.2) is 0 Å². The van der Waals surface area contributed by atoms with Gasteiger partial charge in [-0.05, 0) is 0 Å². The number of hydrogen-bond acceptors (Lipinski definition) is 3. The van der Waals surface area contributed by atoms with Crippen molar-refractivity contribution in [1.82, 2.24) is 0 Å². The Morgan fingerprint density at radius 3 is 2.43 bits per heavy atom. The maximum Gasteiger partial charge on any atom is 1.00 e. The van der Waals surface area contributed by atoms with Crippen molar-refractivity contribution in [2.75, 3.05) is 6.73 Å². The summed E-state index contributed by atoms with van der Waals surface area (Å²) < 4.78 is 4.18. The largest absolute Gasteiger partial charge is 1.00 e. The van der Waals surface area contributed by atoms with Crippen LogP contribution in [0.5, 0.6) is 0 Å². The smallest absolute Gasteiger partial charge is 1.00 e. The van der Waals surface area contributed by atoms with Gasteiger partial charge in [-0.2, -0.15) is 0 Å². The zero-order valence-electron chi connectivity index (χ0n) is 5.60. The molecule has 0 heterocycles. The van der Waals surface area contributed by atoms with E-state index in [1.54, 1.807) is 0 Å². The van der Waals surface area contributed by atoms with E-state index in [0.717, 1.165) is 0 Å². The minimum atomic E-state index is -0.336. The van der Waals surface area contributed by atoms with Crippen molar-refractivity contribution in [2.45, 2.75) is 6.92 Å². The average Bonchev–Trinajstić information content (AvgIpc) is 1.35. The van der Waals surface area contributed by atoms with E-state index in [2.05, 4.69) is 4.74 Å². The van der Waals surface area contributed by atoms with Gasteiger partial charge in [0, 0.05) is 6.92 Å². The van der Waals surface area contributed by atoms with Crippen molar-refractivity contribution in [3.8, 4) is 0 Å². The molecule has 0 saturated heterocycles. The zero-order chi connectivity index (χ0) is 4.99. The maximum atomic E-state index is 9.74. The van der Waals surface area contributed by atoms with E-state index in [4.69, 9.17) is 5.73 Å². The summed E-state index contributed by atoms with van der Waals surface area (Å²) in [5.74, 6) is -0.336. The summed E-state index contributed by atoms with van der Waals surface area (Å²) in [5, 5.41) is 0. The fourth-order valence-electron chi connectivity index (χ4n) is 0.117. The first-order valence-electron chi connectivity index (χ1n) is 1.61. The summed E-state index contributed by atoms with van der Waals surface area (Å²) in [5.41, 5.74) is 4.79. The van der Waals surface area contributed by atoms with Crippen LogP contribution in [-0.2, 0) is 9.53 Å². The molecule has 0 unspecified atom stereocenters. The van der Waals surface area contributed by atoms with Crippen molar-refractivity contribution < 1.29 is 62.3 Å². The normalized spacial score (nSPS) is 6.57. The second-order valence-corrected chi connectivity index (χ2v) is 0.803. The van der Waals surface area contributed by atoms with E-state index in [-0.39, 0.29) is 65.5 Å². The Morgan fingerprint density at radius 1 is 2.00 bits per heavy atom. The second kappa shape index (κ2) is 7.07. The molecule has 0 amide bonds. The van der Waals surface area contributed by atoms with Crippen molar-refractivity contribution in [3.63, 3.8) is 0 Å². The molecule has 0 aromatic rings. The van der Waals surface area contributed by atoms with Gasteiger partial charge >= 0.3 is 57.4 Å². The molecular formula is C3H8KNO2. The van der Waals surface area contributed by atoms with Crippen molar-refractivity contribution >= 4 is 5.97 Å². The van der Waals surface area contributed by atoms with Gasteiger partial charge in [-0.1, -0.05) is 0 Å². The van der Waals surface area contributed by atoms with Crippen LogP contribution in [0.2, 0.25) is 0 Å². The van der Waals surface area contributed by atoms with Crippen LogP contribution in [0.25, 0.3) is 0 Å². The van der Waals surface area contributed by atoms with Crippen molar-refractivity contribution in [2.24, 2.45) is 5.73 Å². The summed E-state index contributed by atoms with van der Waals surface area (Å²) in [7, 11) is 0. The van der Waals surface area contributed by atoms with Gasteiger partial charge in [0.2, 0.25) is 0 Å². The molecule has 3 nitrogen and oxygen atoms in total. The number of carbonyl (C=O) groups excluding carboxylic acids is 1. The maximum absolute atomic E-state index is 9.74. The molecule has 0 aliphatic rings. The van der Waals surface area contributed by atoms with Crippen LogP contribution in [0.1, 0.15) is 8.35 Å². The van der Waals surface area contributed by atoms with Crippen LogP contribution in [0.3, 0.4) is 0 Å². The standard InChI is InChI=1S/C3H7NO2.K.H/c1-3(5)6-2-4;;/h2,4H2,1H3;;/q;+1;-1. The fraction of sp³-hybridized carbons (Fsp3) is 0.667. The average molecular weight is 129 g/mol. The predicted octanol–water partition coefficient (Wildman–Crippen LogP) is -3.42. The number of carbonyl (C=O) groups is 1. The van der Waals surface area contributed by atoms with Gasteiger partial charge in [0.05, 0.1) is 0 Å². The van der Waals surface area contributed by atoms with Crippen LogP contribution < -0.4 is 57.1 Å². The van der Waals surface area contributed by atoms with Crippen LogP contribution in [0.4, 0.5) is 0 Å². The van der Waals surface area contributed by atoms with E-state index in [9.17, 15) is 4.79 Å². The Labute approximate surface area is 86.5 Å². The van der Waals surface area contributed by atoms with E-state index in [1.807, 2.05) is 0 Å². The third-order valence-corrected chi connectivity index (χ3v) is 0.287. The topological polar surface area (TPSA) is 52.3 Å². The Kier molecular flexibility index (Phi) is 11.0. The quantitative estimate of drug-likeness (QED) is 0.228. The molecule has 0 aromatic carbocycles. The van der Waals surface area contributed by atoms with Crippen LogP contribution in [0.15, 0.2) is 0 Å². The SMILES string of the molecule is CC(=O)OCN.[H-].[K+]. The molecule has 38 valence electrons. The molecule has 0 radical (unpaired) electrons. The minimum absolute atomic E-state index is 0. The Morgan fingerprint density at radius 2 is 2.43 bits per heavy atom. The number of esters is 1. The zero-order valence-corrected chi connectivity index (χ0v) is 7.72. The van der Waals surface area contributed by atoms with E-state index in [0.29, 0.717) is 0 Å². The first-order valence-corrected chi connectivity index (χ1v) is 1.61. The number of nitrogens with two attached hydrogens (primary N) is 1. The fourth-order valence-corrected chi connectivity index (χ4v) is 0.117. The Balaban J connectivity index is -0.000000125. The molecule has 7 heavy (non-hydrogen) atoms. The van der Waals surface area contributed by atoms with Gasteiger partial charge in [0.25, 0.3) is 0 Å². The van der Waals surface area contributed by atoms with Gasteiger partial charge in [0.15, 0.2) is 0 Å². The molecule has 2 N–H and O–H groups in total. The Hall–Kier alpha value is 1.07. The first-order chi connectivity index (χ1) is 2.77. The number of ether oxygens (including phenoxy) is 1. The number of rotatable bonds is 1. The monoisotopic (exact) mass is 129 g/mol. The third-order valence-electron chi connectivity index (χ3n) is 0.287. The molecule has 0 aromatic heterocycles. The van der Waals surface area contributed by atoms with Gasteiger partial charge < -0.3 is 6.16 Å². The predicted molar refractivity (Wildman–Crippen MR) is 21.9 cm³/mol. The van der Waals surface area contributed by atoms with Gasteiger partial charge in [-0.3, -0.25) is 10.5 Å². The van der Waals surface area contributed by atoms with Crippen molar-refractivity contribution in [1.29, 1.82) is 0 Å². The molecule has 0 bridgehead atoms. The van der Waals surface area contributed by atoms with E-state index < -0.39 is 0 Å². The molecule has 0 aliphatic carbocycles. The summed E-state index contributed by atoms with van der Waals surface area (Å²) in [6.07, 6.45) is 0. The molecule has 0 spiro atoms. The van der Waals surface area contributed by atoms with Crippen LogP contribution >= 0.6 is 0 Å². The summed E-state index contributed by atoms with van der Waals surface area (Å²) in [6, 6.07) is 0. The molecule has 4 heteroatoms. The molecule has 0 aliphatic heterocycles. The van der Waals surface area contributed by atoms with E-state index >= 15 is 0 Å². The molecule has 0 saturated carbocycles. The second-order valence-electron chi connectivity index (χ2n) is 0.803. The molecule has 0 atom stereocenters. The van der Waals surface area contributed by atoms with Crippen molar-refractivity contribution in [3.05, 3.63) is 0 Å².